The Morgan fingerprint density at radius 3 is 2.45 bits per heavy atom. The van der Waals surface area contributed by atoms with E-state index in [1.165, 1.54) is 30.0 Å². The second kappa shape index (κ2) is 11.6. The predicted molar refractivity (Wildman–Crippen MR) is 117 cm³/mol. The minimum absolute atomic E-state index is 0.113. The molecule has 0 aromatic heterocycles. The van der Waals surface area contributed by atoms with Gasteiger partial charge in [0.1, 0.15) is 5.82 Å². The number of halogens is 1. The highest BCUT2D eigenvalue weighted by Gasteiger charge is 2.11. The van der Waals surface area contributed by atoms with Crippen LogP contribution in [-0.2, 0) is 28.6 Å². The number of guanidine groups is 1. The number of aliphatic imine (C=N–C) groups is 1. The highest BCUT2D eigenvalue weighted by Crippen LogP contribution is 2.14. The van der Waals surface area contributed by atoms with Crippen molar-refractivity contribution in [3.63, 3.8) is 0 Å². The Kier molecular flexibility index (Phi) is 9.12. The molecular weight excluding hydrogens is 389 g/mol. The van der Waals surface area contributed by atoms with Crippen molar-refractivity contribution in [2.24, 2.45) is 4.99 Å². The van der Waals surface area contributed by atoms with Gasteiger partial charge in [-0.05, 0) is 48.1 Å². The first kappa shape index (κ1) is 22.9. The summed E-state index contributed by atoms with van der Waals surface area (Å²) >= 11 is 0. The van der Waals surface area contributed by atoms with Crippen LogP contribution < -0.4 is 10.6 Å². The molecule has 0 radical (unpaired) electrons. The van der Waals surface area contributed by atoms with E-state index in [0.29, 0.717) is 23.6 Å². The Bertz CT molecular complexity index is 900. The van der Waals surface area contributed by atoms with Gasteiger partial charge in [0.05, 0.1) is 5.75 Å². The van der Waals surface area contributed by atoms with Crippen molar-refractivity contribution in [3.8, 4) is 0 Å². The molecule has 2 rings (SSSR count). The van der Waals surface area contributed by atoms with Crippen molar-refractivity contribution in [3.05, 3.63) is 71.0 Å². The van der Waals surface area contributed by atoms with Gasteiger partial charge in [-0.1, -0.05) is 42.8 Å². The van der Waals surface area contributed by atoms with Gasteiger partial charge < -0.3 is 10.6 Å². The molecule has 0 aliphatic carbocycles. The SMILES string of the molecule is CN=C(NCCCCCc1ccccc1)NCc1cc(F)ccc1CS(C)(=O)=O. The summed E-state index contributed by atoms with van der Waals surface area (Å²) in [6.45, 7) is 1.09. The first-order valence-corrected chi connectivity index (χ1v) is 11.9. The van der Waals surface area contributed by atoms with E-state index in [-0.39, 0.29) is 11.6 Å². The lowest BCUT2D eigenvalue weighted by Gasteiger charge is -2.14. The molecule has 0 saturated heterocycles. The van der Waals surface area contributed by atoms with E-state index in [1.54, 1.807) is 7.05 Å². The van der Waals surface area contributed by atoms with Crippen LogP contribution in [0, 0.1) is 5.82 Å². The molecule has 29 heavy (non-hydrogen) atoms. The molecule has 0 heterocycles. The highest BCUT2D eigenvalue weighted by molar-refractivity contribution is 7.89. The van der Waals surface area contributed by atoms with Gasteiger partial charge in [0.2, 0.25) is 0 Å². The zero-order valence-electron chi connectivity index (χ0n) is 17.1. The van der Waals surface area contributed by atoms with Crippen molar-refractivity contribution in [1.29, 1.82) is 0 Å². The van der Waals surface area contributed by atoms with Crippen LogP contribution in [0.1, 0.15) is 36.0 Å². The lowest BCUT2D eigenvalue weighted by atomic mass is 10.1. The highest BCUT2D eigenvalue weighted by atomic mass is 32.2. The van der Waals surface area contributed by atoms with Crippen molar-refractivity contribution in [2.75, 3.05) is 19.8 Å². The Hall–Kier alpha value is -2.41. The van der Waals surface area contributed by atoms with Crippen molar-refractivity contribution >= 4 is 15.8 Å². The lowest BCUT2D eigenvalue weighted by molar-refractivity contribution is 0.599. The fourth-order valence-electron chi connectivity index (χ4n) is 3.06. The van der Waals surface area contributed by atoms with Gasteiger partial charge in [-0.2, -0.15) is 0 Å². The number of nitrogens with zero attached hydrogens (tertiary/aromatic N) is 1. The first-order valence-electron chi connectivity index (χ1n) is 9.81. The second-order valence-electron chi connectivity index (χ2n) is 7.13. The van der Waals surface area contributed by atoms with Gasteiger partial charge >= 0.3 is 0 Å². The first-order chi connectivity index (χ1) is 13.9. The van der Waals surface area contributed by atoms with Crippen LogP contribution >= 0.6 is 0 Å². The van der Waals surface area contributed by atoms with Crippen molar-refractivity contribution < 1.29 is 12.8 Å². The summed E-state index contributed by atoms with van der Waals surface area (Å²) in [5, 5.41) is 6.38. The van der Waals surface area contributed by atoms with E-state index >= 15 is 0 Å². The normalized spacial score (nSPS) is 12.0. The Balaban J connectivity index is 1.75. The van der Waals surface area contributed by atoms with E-state index in [2.05, 4.69) is 39.9 Å². The van der Waals surface area contributed by atoms with Crippen LogP contribution in [0.15, 0.2) is 53.5 Å². The summed E-state index contributed by atoms with van der Waals surface area (Å²) in [4.78, 5) is 4.18. The van der Waals surface area contributed by atoms with Gasteiger partial charge in [-0.15, -0.1) is 0 Å². The summed E-state index contributed by atoms with van der Waals surface area (Å²) in [5.41, 5.74) is 2.57. The fraction of sp³-hybridized carbons (Fsp3) is 0.409. The zero-order chi connectivity index (χ0) is 21.1. The fourth-order valence-corrected chi connectivity index (χ4v) is 3.91. The third-order valence-electron chi connectivity index (χ3n) is 4.53. The molecule has 0 fully saturated rings. The minimum atomic E-state index is -3.20. The maximum Gasteiger partial charge on any atom is 0.191 e. The number of hydrogen-bond acceptors (Lipinski definition) is 3. The standard InChI is InChI=1S/C22H30FN3O2S/c1-24-22(25-14-8-4-7-11-18-9-5-3-6-10-18)26-16-20-15-21(23)13-12-19(20)17-29(2,27)28/h3,5-6,9-10,12-13,15H,4,7-8,11,14,16-17H2,1-2H3,(H2,24,25,26). The van der Waals surface area contributed by atoms with Gasteiger partial charge in [0.25, 0.3) is 0 Å². The van der Waals surface area contributed by atoms with Gasteiger partial charge in [0.15, 0.2) is 15.8 Å². The van der Waals surface area contributed by atoms with E-state index in [0.717, 1.165) is 32.2 Å². The van der Waals surface area contributed by atoms with Crippen LogP contribution in [0.25, 0.3) is 0 Å². The van der Waals surface area contributed by atoms with E-state index in [9.17, 15) is 12.8 Å². The van der Waals surface area contributed by atoms with Crippen LogP contribution in [0.4, 0.5) is 4.39 Å². The molecule has 0 unspecified atom stereocenters. The maximum absolute atomic E-state index is 13.6. The monoisotopic (exact) mass is 419 g/mol. The van der Waals surface area contributed by atoms with E-state index in [4.69, 9.17) is 0 Å². The molecule has 0 saturated carbocycles. The molecule has 2 aromatic carbocycles. The van der Waals surface area contributed by atoms with Crippen molar-refractivity contribution in [1.82, 2.24) is 10.6 Å². The number of sulfone groups is 1. The molecule has 0 amide bonds. The number of hydrogen-bond donors (Lipinski definition) is 2. The van der Waals surface area contributed by atoms with Crippen LogP contribution in [0.5, 0.6) is 0 Å². The molecule has 7 heteroatoms. The zero-order valence-corrected chi connectivity index (χ0v) is 17.9. The minimum Gasteiger partial charge on any atom is -0.356 e. The molecule has 0 aliphatic heterocycles. The molecule has 0 atom stereocenters. The quantitative estimate of drug-likeness (QED) is 0.352. The molecule has 5 nitrogen and oxygen atoms in total. The summed E-state index contributed by atoms with van der Waals surface area (Å²) in [6.07, 6.45) is 5.52. The van der Waals surface area contributed by atoms with Gasteiger partial charge in [-0.3, -0.25) is 4.99 Å². The number of aryl methyl sites for hydroxylation is 1. The number of nitrogens with one attached hydrogen (secondary N) is 2. The average Bonchev–Trinajstić information content (AvgIpc) is 2.68. The Morgan fingerprint density at radius 1 is 1.00 bits per heavy atom. The third-order valence-corrected chi connectivity index (χ3v) is 5.37. The predicted octanol–water partition coefficient (Wildman–Crippen LogP) is 3.45. The maximum atomic E-state index is 13.6. The Morgan fingerprint density at radius 2 is 1.76 bits per heavy atom. The molecule has 2 N–H and O–H groups in total. The van der Waals surface area contributed by atoms with E-state index < -0.39 is 9.84 Å². The third kappa shape index (κ3) is 9.09. The van der Waals surface area contributed by atoms with E-state index in [1.807, 2.05) is 6.07 Å². The van der Waals surface area contributed by atoms with Crippen LogP contribution in [-0.4, -0.2) is 34.2 Å². The topological polar surface area (TPSA) is 70.6 Å². The largest absolute Gasteiger partial charge is 0.356 e. The van der Waals surface area contributed by atoms with Gasteiger partial charge in [0, 0.05) is 26.4 Å². The molecular formula is C22H30FN3O2S. The van der Waals surface area contributed by atoms with Crippen LogP contribution in [0.2, 0.25) is 0 Å². The number of rotatable bonds is 10. The molecule has 2 aromatic rings. The summed E-state index contributed by atoms with van der Waals surface area (Å²) in [5.74, 6) is 0.112. The smallest absolute Gasteiger partial charge is 0.191 e. The second-order valence-corrected chi connectivity index (χ2v) is 9.27. The van der Waals surface area contributed by atoms with Crippen LogP contribution in [0.3, 0.4) is 0 Å². The van der Waals surface area contributed by atoms with Gasteiger partial charge in [-0.25, -0.2) is 12.8 Å². The summed E-state index contributed by atoms with van der Waals surface area (Å²) < 4.78 is 36.8. The summed E-state index contributed by atoms with van der Waals surface area (Å²) in [7, 11) is -1.52. The average molecular weight is 420 g/mol. The number of unbranched alkanes of at least 4 members (excludes halogenated alkanes) is 2. The lowest BCUT2D eigenvalue weighted by Crippen LogP contribution is -2.37. The molecule has 0 aliphatic rings. The molecule has 158 valence electrons. The summed E-state index contributed by atoms with van der Waals surface area (Å²) in [6, 6.07) is 14.6. The molecule has 0 spiro atoms. The number of benzene rings is 2. The molecule has 0 bridgehead atoms. The van der Waals surface area contributed by atoms with Crippen molar-refractivity contribution in [2.45, 2.75) is 38.0 Å². The Labute approximate surface area is 173 Å².